The van der Waals surface area contributed by atoms with E-state index < -0.39 is 22.2 Å². The smallest absolute Gasteiger partial charge is 0.267 e. The van der Waals surface area contributed by atoms with Gasteiger partial charge in [-0.1, -0.05) is 0 Å². The maximum absolute atomic E-state index is 11.5. The molecule has 0 saturated heterocycles. The Labute approximate surface area is 96.3 Å². The Morgan fingerprint density at radius 3 is 0.944 bits per heavy atom. The maximum atomic E-state index is 11.5. The van der Waals surface area contributed by atoms with Crippen molar-refractivity contribution in [3.05, 3.63) is 53.5 Å². The highest BCUT2D eigenvalue weighted by Crippen LogP contribution is 2.11. The highest BCUT2D eigenvalue weighted by atomic mass is 16.2. The molecule has 0 atom stereocenters. The molecule has 0 unspecified atom stereocenters. The van der Waals surface area contributed by atoms with Crippen molar-refractivity contribution in [2.24, 2.45) is 0 Å². The molecule has 90 valence electrons. The molecule has 0 aliphatic rings. The SMILES string of the molecule is O=c1[nH][nH]c(=O)c2cc3c(=O)[nH][nH]c(=O)c3cc12. The summed E-state index contributed by atoms with van der Waals surface area (Å²) in [6.07, 6.45) is 0. The van der Waals surface area contributed by atoms with Crippen LogP contribution in [0.5, 0.6) is 0 Å². The topological polar surface area (TPSA) is 131 Å². The number of fused-ring (bicyclic) bond motifs is 2. The fourth-order valence-electron chi connectivity index (χ4n) is 1.85. The summed E-state index contributed by atoms with van der Waals surface area (Å²) in [5.41, 5.74) is -2.14. The van der Waals surface area contributed by atoms with E-state index in [1.807, 2.05) is 0 Å². The molecular weight excluding hydrogens is 240 g/mol. The van der Waals surface area contributed by atoms with Crippen LogP contribution in [0.25, 0.3) is 21.5 Å². The van der Waals surface area contributed by atoms with Crippen molar-refractivity contribution >= 4 is 21.5 Å². The van der Waals surface area contributed by atoms with Crippen molar-refractivity contribution in [3.63, 3.8) is 0 Å². The van der Waals surface area contributed by atoms with Crippen LogP contribution >= 0.6 is 0 Å². The van der Waals surface area contributed by atoms with Crippen LogP contribution < -0.4 is 22.2 Å². The van der Waals surface area contributed by atoms with Gasteiger partial charge in [-0.3, -0.25) is 39.6 Å². The van der Waals surface area contributed by atoms with E-state index in [0.29, 0.717) is 0 Å². The summed E-state index contributed by atoms with van der Waals surface area (Å²) in [6.45, 7) is 0. The lowest BCUT2D eigenvalue weighted by Gasteiger charge is -1.99. The van der Waals surface area contributed by atoms with Crippen LogP contribution in [0.15, 0.2) is 31.3 Å². The van der Waals surface area contributed by atoms with E-state index in [2.05, 4.69) is 20.4 Å². The first-order chi connectivity index (χ1) is 8.58. The van der Waals surface area contributed by atoms with Crippen molar-refractivity contribution in [2.75, 3.05) is 0 Å². The predicted molar refractivity (Wildman–Crippen MR) is 63.9 cm³/mol. The number of nitrogens with one attached hydrogen (secondary N) is 4. The second kappa shape index (κ2) is 3.29. The molecule has 0 aliphatic carbocycles. The van der Waals surface area contributed by atoms with Crippen molar-refractivity contribution in [1.29, 1.82) is 0 Å². The molecule has 0 bridgehead atoms. The molecule has 0 amide bonds. The molecular formula is C10H6N4O4. The normalized spacial score (nSPS) is 11.1. The third kappa shape index (κ3) is 1.25. The molecule has 18 heavy (non-hydrogen) atoms. The molecule has 0 aliphatic heterocycles. The summed E-state index contributed by atoms with van der Waals surface area (Å²) < 4.78 is 0. The number of H-pyrrole nitrogens is 4. The molecule has 2 heterocycles. The summed E-state index contributed by atoms with van der Waals surface area (Å²) >= 11 is 0. The molecule has 0 radical (unpaired) electrons. The fourth-order valence-corrected chi connectivity index (χ4v) is 1.85. The van der Waals surface area contributed by atoms with Crippen LogP contribution in [0.3, 0.4) is 0 Å². The van der Waals surface area contributed by atoms with Crippen LogP contribution in [0.4, 0.5) is 0 Å². The van der Waals surface area contributed by atoms with E-state index in [1.165, 1.54) is 12.1 Å². The van der Waals surface area contributed by atoms with Gasteiger partial charge in [0.15, 0.2) is 0 Å². The first kappa shape index (κ1) is 10.3. The van der Waals surface area contributed by atoms with Gasteiger partial charge in [0.2, 0.25) is 0 Å². The van der Waals surface area contributed by atoms with Crippen LogP contribution in [-0.4, -0.2) is 20.4 Å². The average molecular weight is 246 g/mol. The predicted octanol–water partition coefficient (Wildman–Crippen LogP) is -1.25. The van der Waals surface area contributed by atoms with Gasteiger partial charge in [0.1, 0.15) is 0 Å². The minimum absolute atomic E-state index is 0.0577. The summed E-state index contributed by atoms with van der Waals surface area (Å²) in [7, 11) is 0. The Morgan fingerprint density at radius 1 is 0.500 bits per heavy atom. The zero-order valence-corrected chi connectivity index (χ0v) is 8.79. The molecule has 0 saturated carbocycles. The number of rotatable bonds is 0. The van der Waals surface area contributed by atoms with Gasteiger partial charge in [-0.25, -0.2) is 0 Å². The number of benzene rings is 1. The summed E-state index contributed by atoms with van der Waals surface area (Å²) in [4.78, 5) is 46.2. The van der Waals surface area contributed by atoms with Gasteiger partial charge in [0.05, 0.1) is 21.5 Å². The molecule has 8 heteroatoms. The lowest BCUT2D eigenvalue weighted by molar-refractivity contribution is 0.970. The quantitative estimate of drug-likeness (QED) is 0.369. The third-order valence-electron chi connectivity index (χ3n) is 2.72. The number of hydrogen-bond acceptors (Lipinski definition) is 4. The largest absolute Gasteiger partial charge is 0.270 e. The van der Waals surface area contributed by atoms with E-state index in [-0.39, 0.29) is 21.5 Å². The van der Waals surface area contributed by atoms with E-state index in [0.717, 1.165) is 0 Å². The highest BCUT2D eigenvalue weighted by molar-refractivity contribution is 5.96. The van der Waals surface area contributed by atoms with Gasteiger partial charge in [-0.05, 0) is 12.1 Å². The Kier molecular flexibility index (Phi) is 1.88. The Hall–Kier alpha value is -2.90. The minimum atomic E-state index is -0.536. The highest BCUT2D eigenvalue weighted by Gasteiger charge is 2.09. The summed E-state index contributed by atoms with van der Waals surface area (Å²) in [6, 6.07) is 2.46. The monoisotopic (exact) mass is 246 g/mol. The van der Waals surface area contributed by atoms with Crippen molar-refractivity contribution < 1.29 is 0 Å². The first-order valence-corrected chi connectivity index (χ1v) is 4.97. The van der Waals surface area contributed by atoms with Crippen LogP contribution in [-0.2, 0) is 0 Å². The second-order valence-corrected chi connectivity index (χ2v) is 3.76. The zero-order chi connectivity index (χ0) is 12.9. The molecule has 1 aromatic carbocycles. The molecule has 2 aromatic heterocycles. The second-order valence-electron chi connectivity index (χ2n) is 3.76. The lowest BCUT2D eigenvalue weighted by atomic mass is 10.1. The van der Waals surface area contributed by atoms with Crippen LogP contribution in [0, 0.1) is 0 Å². The Balaban J connectivity index is 2.78. The van der Waals surface area contributed by atoms with Crippen molar-refractivity contribution in [2.45, 2.75) is 0 Å². The summed E-state index contributed by atoms with van der Waals surface area (Å²) in [5.74, 6) is 0. The molecule has 4 N–H and O–H groups in total. The first-order valence-electron chi connectivity index (χ1n) is 4.97. The lowest BCUT2D eigenvalue weighted by Crippen LogP contribution is -2.22. The van der Waals surface area contributed by atoms with Gasteiger partial charge >= 0.3 is 0 Å². The third-order valence-corrected chi connectivity index (χ3v) is 2.72. The Bertz CT molecular complexity index is 843. The maximum Gasteiger partial charge on any atom is 0.270 e. The molecule has 0 fully saturated rings. The summed E-state index contributed by atoms with van der Waals surface area (Å²) in [5, 5.41) is 8.83. The van der Waals surface area contributed by atoms with E-state index in [1.54, 1.807) is 0 Å². The van der Waals surface area contributed by atoms with E-state index in [9.17, 15) is 19.2 Å². The van der Waals surface area contributed by atoms with Crippen molar-refractivity contribution in [3.8, 4) is 0 Å². The van der Waals surface area contributed by atoms with E-state index >= 15 is 0 Å². The molecule has 3 aromatic rings. The molecule has 3 rings (SSSR count). The van der Waals surface area contributed by atoms with Gasteiger partial charge in [0, 0.05) is 0 Å². The van der Waals surface area contributed by atoms with Crippen LogP contribution in [0.1, 0.15) is 0 Å². The minimum Gasteiger partial charge on any atom is -0.267 e. The van der Waals surface area contributed by atoms with E-state index in [4.69, 9.17) is 0 Å². The number of aromatic amines is 4. The van der Waals surface area contributed by atoms with Gasteiger partial charge in [-0.15, -0.1) is 0 Å². The Morgan fingerprint density at radius 2 is 0.722 bits per heavy atom. The molecule has 8 nitrogen and oxygen atoms in total. The van der Waals surface area contributed by atoms with Crippen LogP contribution in [0.2, 0.25) is 0 Å². The fraction of sp³-hybridized carbons (Fsp3) is 0. The van der Waals surface area contributed by atoms with Gasteiger partial charge in [-0.2, -0.15) is 0 Å². The standard InChI is InChI=1S/C10H6N4O4/c15-7-3-1-4-6(10(18)14-12-8(4)16)2-5(3)9(17)13-11-7/h1-2H,(H,11,15)(H,12,16)(H,13,17)(H,14,18). The average Bonchev–Trinajstić information content (AvgIpc) is 2.37. The van der Waals surface area contributed by atoms with Gasteiger partial charge in [0.25, 0.3) is 22.2 Å². The number of hydrogen-bond donors (Lipinski definition) is 4. The zero-order valence-electron chi connectivity index (χ0n) is 8.79. The number of aromatic nitrogens is 4. The van der Waals surface area contributed by atoms with Crippen molar-refractivity contribution in [1.82, 2.24) is 20.4 Å². The van der Waals surface area contributed by atoms with Gasteiger partial charge < -0.3 is 0 Å². The molecule has 0 spiro atoms.